The van der Waals surface area contributed by atoms with Gasteiger partial charge in [-0.05, 0) is 13.3 Å². The van der Waals surface area contributed by atoms with Crippen molar-refractivity contribution in [1.82, 2.24) is 4.90 Å². The average Bonchev–Trinajstić information content (AvgIpc) is 2.40. The Hall–Kier alpha value is -1.42. The summed E-state index contributed by atoms with van der Waals surface area (Å²) >= 11 is 0. The first-order valence-corrected chi connectivity index (χ1v) is 6.68. The first kappa shape index (κ1) is 22.6. The smallest absolute Gasteiger partial charge is 0.339 e. The molecule has 0 radical (unpaired) electrons. The van der Waals surface area contributed by atoms with Gasteiger partial charge in [-0.2, -0.15) is 39.5 Å². The van der Waals surface area contributed by atoms with Gasteiger partial charge in [0.15, 0.2) is 0 Å². The van der Waals surface area contributed by atoms with Gasteiger partial charge in [-0.25, -0.2) is 0 Å². The molecule has 1 amide bonds. The van der Waals surface area contributed by atoms with Crippen molar-refractivity contribution >= 4 is 5.91 Å². The standard InChI is InChI=1S/C13H16F9NO/c1-4-6-23(9(24)8(2)3)7-5-10(14,15)11(16,17)12(18,19)13(20,21)22/h2,4-7H2,1,3H3. The number of hydrogen-bond donors (Lipinski definition) is 0. The summed E-state index contributed by atoms with van der Waals surface area (Å²) in [5.74, 6) is -20.2. The van der Waals surface area contributed by atoms with Gasteiger partial charge in [0.05, 0.1) is 0 Å². The maximum Gasteiger partial charge on any atom is 0.460 e. The van der Waals surface area contributed by atoms with Gasteiger partial charge in [-0.1, -0.05) is 13.5 Å². The molecule has 0 aliphatic heterocycles. The third-order valence-corrected chi connectivity index (χ3v) is 3.05. The zero-order chi connectivity index (χ0) is 19.6. The largest absolute Gasteiger partial charge is 0.460 e. The highest BCUT2D eigenvalue weighted by Gasteiger charge is 2.81. The molecule has 0 spiro atoms. The fourth-order valence-electron chi connectivity index (χ4n) is 1.69. The second kappa shape index (κ2) is 7.22. The monoisotopic (exact) mass is 373 g/mol. The number of carbonyl (C=O) groups is 1. The van der Waals surface area contributed by atoms with E-state index in [1.807, 2.05) is 0 Å². The van der Waals surface area contributed by atoms with Crippen LogP contribution in [0.15, 0.2) is 12.2 Å². The Morgan fingerprint density at radius 3 is 1.71 bits per heavy atom. The molecule has 0 N–H and O–H groups in total. The predicted molar refractivity (Wildman–Crippen MR) is 67.2 cm³/mol. The van der Waals surface area contributed by atoms with E-state index in [2.05, 4.69) is 6.58 Å². The first-order chi connectivity index (χ1) is 10.5. The third kappa shape index (κ3) is 4.35. The molecule has 0 saturated heterocycles. The van der Waals surface area contributed by atoms with Crippen molar-refractivity contribution in [1.29, 1.82) is 0 Å². The molecule has 0 aromatic carbocycles. The molecule has 0 bridgehead atoms. The molecule has 11 heteroatoms. The van der Waals surface area contributed by atoms with Gasteiger partial charge in [0.2, 0.25) is 5.91 Å². The average molecular weight is 373 g/mol. The number of amides is 1. The van der Waals surface area contributed by atoms with Crippen molar-refractivity contribution < 1.29 is 44.3 Å². The zero-order valence-electron chi connectivity index (χ0n) is 12.8. The summed E-state index contributed by atoms with van der Waals surface area (Å²) in [7, 11) is 0. The Labute approximate surface area is 132 Å². The fourth-order valence-corrected chi connectivity index (χ4v) is 1.69. The van der Waals surface area contributed by atoms with Crippen LogP contribution < -0.4 is 0 Å². The van der Waals surface area contributed by atoms with Crippen LogP contribution in [-0.2, 0) is 4.79 Å². The molecule has 0 aliphatic rings. The number of carbonyl (C=O) groups excluding carboxylic acids is 1. The number of halogens is 9. The van der Waals surface area contributed by atoms with E-state index < -0.39 is 42.8 Å². The Kier molecular flexibility index (Phi) is 6.79. The van der Waals surface area contributed by atoms with Crippen LogP contribution in [0.2, 0.25) is 0 Å². The van der Waals surface area contributed by atoms with E-state index in [4.69, 9.17) is 0 Å². The minimum atomic E-state index is -6.92. The highest BCUT2D eigenvalue weighted by atomic mass is 19.4. The SMILES string of the molecule is C=C(C)C(=O)N(CCC)CCC(F)(F)C(F)(F)C(F)(F)C(F)(F)F. The zero-order valence-corrected chi connectivity index (χ0v) is 12.8. The second-order valence-electron chi connectivity index (χ2n) is 5.17. The summed E-state index contributed by atoms with van der Waals surface area (Å²) in [6, 6.07) is 0. The number of rotatable bonds is 8. The van der Waals surface area contributed by atoms with E-state index in [1.165, 1.54) is 13.8 Å². The molecule has 2 nitrogen and oxygen atoms in total. The van der Waals surface area contributed by atoms with E-state index in [9.17, 15) is 44.3 Å². The van der Waals surface area contributed by atoms with Gasteiger partial charge in [-0.3, -0.25) is 4.79 Å². The van der Waals surface area contributed by atoms with Gasteiger partial charge < -0.3 is 4.90 Å². The first-order valence-electron chi connectivity index (χ1n) is 6.68. The van der Waals surface area contributed by atoms with Gasteiger partial charge in [0.1, 0.15) is 0 Å². The van der Waals surface area contributed by atoms with Crippen LogP contribution in [-0.4, -0.2) is 47.8 Å². The lowest BCUT2D eigenvalue weighted by Crippen LogP contribution is -2.61. The Bertz CT molecular complexity index is 471. The van der Waals surface area contributed by atoms with Crippen LogP contribution >= 0.6 is 0 Å². The maximum absolute atomic E-state index is 13.4. The van der Waals surface area contributed by atoms with E-state index in [0.29, 0.717) is 4.90 Å². The van der Waals surface area contributed by atoms with E-state index in [-0.39, 0.29) is 18.5 Å². The Balaban J connectivity index is 5.38. The predicted octanol–water partition coefficient (Wildman–Crippen LogP) is 4.66. The van der Waals surface area contributed by atoms with Crippen LogP contribution in [0.3, 0.4) is 0 Å². The van der Waals surface area contributed by atoms with Crippen LogP contribution in [0.5, 0.6) is 0 Å². The minimum Gasteiger partial charge on any atom is -0.339 e. The Morgan fingerprint density at radius 2 is 1.38 bits per heavy atom. The van der Waals surface area contributed by atoms with Gasteiger partial charge >= 0.3 is 23.9 Å². The van der Waals surface area contributed by atoms with Crippen LogP contribution in [0, 0.1) is 0 Å². The van der Waals surface area contributed by atoms with Gasteiger partial charge in [0, 0.05) is 25.1 Å². The summed E-state index contributed by atoms with van der Waals surface area (Å²) in [5, 5.41) is 0. The normalized spacial score (nSPS) is 13.8. The van der Waals surface area contributed by atoms with Crippen molar-refractivity contribution in [2.24, 2.45) is 0 Å². The maximum atomic E-state index is 13.4. The molecule has 0 saturated carbocycles. The molecule has 0 atom stereocenters. The second-order valence-corrected chi connectivity index (χ2v) is 5.17. The molecule has 0 unspecified atom stereocenters. The summed E-state index contributed by atoms with van der Waals surface area (Å²) in [6.45, 7) is 4.64. The minimum absolute atomic E-state index is 0.126. The lowest BCUT2D eigenvalue weighted by molar-refractivity contribution is -0.396. The summed E-state index contributed by atoms with van der Waals surface area (Å²) in [4.78, 5) is 12.3. The van der Waals surface area contributed by atoms with E-state index in [1.54, 1.807) is 0 Å². The molecular formula is C13H16F9NO. The Morgan fingerprint density at radius 1 is 0.917 bits per heavy atom. The quantitative estimate of drug-likeness (QED) is 0.448. The van der Waals surface area contributed by atoms with Crippen molar-refractivity contribution in [2.45, 2.75) is 50.6 Å². The summed E-state index contributed by atoms with van der Waals surface area (Å²) in [6.07, 6.45) is -8.69. The highest BCUT2D eigenvalue weighted by molar-refractivity contribution is 5.92. The number of alkyl halides is 9. The molecular weight excluding hydrogens is 357 g/mol. The van der Waals surface area contributed by atoms with Crippen molar-refractivity contribution in [2.75, 3.05) is 13.1 Å². The summed E-state index contributed by atoms with van der Waals surface area (Å²) < 4.78 is 114. The molecule has 0 aromatic rings. The van der Waals surface area contributed by atoms with Crippen LogP contribution in [0.25, 0.3) is 0 Å². The van der Waals surface area contributed by atoms with Gasteiger partial charge in [0.25, 0.3) is 0 Å². The fraction of sp³-hybridized carbons (Fsp3) is 0.769. The van der Waals surface area contributed by atoms with Crippen molar-refractivity contribution in [3.8, 4) is 0 Å². The van der Waals surface area contributed by atoms with E-state index >= 15 is 0 Å². The summed E-state index contributed by atoms with van der Waals surface area (Å²) in [5.41, 5.74) is -0.126. The lowest BCUT2D eigenvalue weighted by Gasteiger charge is -2.34. The molecule has 0 aromatic heterocycles. The van der Waals surface area contributed by atoms with Crippen molar-refractivity contribution in [3.05, 3.63) is 12.2 Å². The molecule has 142 valence electrons. The molecule has 0 heterocycles. The molecule has 0 fully saturated rings. The molecule has 0 aliphatic carbocycles. The lowest BCUT2D eigenvalue weighted by atomic mass is 10.0. The van der Waals surface area contributed by atoms with Crippen LogP contribution in [0.1, 0.15) is 26.7 Å². The third-order valence-electron chi connectivity index (χ3n) is 3.05. The van der Waals surface area contributed by atoms with Gasteiger partial charge in [-0.15, -0.1) is 0 Å². The number of hydrogen-bond acceptors (Lipinski definition) is 1. The van der Waals surface area contributed by atoms with Crippen LogP contribution in [0.4, 0.5) is 39.5 Å². The topological polar surface area (TPSA) is 20.3 Å². The van der Waals surface area contributed by atoms with E-state index in [0.717, 1.165) is 0 Å². The van der Waals surface area contributed by atoms with Crippen molar-refractivity contribution in [3.63, 3.8) is 0 Å². The highest BCUT2D eigenvalue weighted by Crippen LogP contribution is 2.54. The molecule has 0 rings (SSSR count). The number of nitrogens with zero attached hydrogens (tertiary/aromatic N) is 1. The molecule has 24 heavy (non-hydrogen) atoms.